The zero-order valence-electron chi connectivity index (χ0n) is 24.9. The SMILES string of the molecule is Cc1nc(-c2cc(-c3cc(F)c(CO)c(S(C)(=O)=O)c3)ccc2-n2cc(C(F)(F)F)nc2C)c(-c2cccc(OC(F)(F)C(F)F)c2)o1. The number of aromatic nitrogens is 3. The second-order valence-electron chi connectivity index (χ2n) is 10.5. The van der Waals surface area contributed by atoms with Crippen molar-refractivity contribution in [3.05, 3.63) is 89.6 Å². The monoisotopic (exact) mass is 701 g/mol. The molecule has 254 valence electrons. The topological polar surface area (TPSA) is 107 Å². The van der Waals surface area contributed by atoms with E-state index in [4.69, 9.17) is 4.42 Å². The average Bonchev–Trinajstić information content (AvgIpc) is 3.58. The molecule has 0 aliphatic carbocycles. The number of halogens is 8. The van der Waals surface area contributed by atoms with Crippen molar-refractivity contribution in [2.24, 2.45) is 0 Å². The summed E-state index contributed by atoms with van der Waals surface area (Å²) in [4.78, 5) is 7.46. The van der Waals surface area contributed by atoms with E-state index in [9.17, 15) is 44.3 Å². The number of hydrogen-bond donors (Lipinski definition) is 1. The molecule has 8 nitrogen and oxygen atoms in total. The molecule has 3 aromatic carbocycles. The number of hydrogen-bond acceptors (Lipinski definition) is 7. The summed E-state index contributed by atoms with van der Waals surface area (Å²) >= 11 is 0. The van der Waals surface area contributed by atoms with Gasteiger partial charge in [0.15, 0.2) is 27.2 Å². The molecule has 0 radical (unpaired) electrons. The molecular weight excluding hydrogens is 678 g/mol. The van der Waals surface area contributed by atoms with Gasteiger partial charge in [0, 0.05) is 36.1 Å². The van der Waals surface area contributed by atoms with Gasteiger partial charge in [-0.25, -0.2) is 22.8 Å². The zero-order chi connectivity index (χ0) is 35.3. The Morgan fingerprint density at radius 3 is 2.27 bits per heavy atom. The highest BCUT2D eigenvalue weighted by Gasteiger charge is 2.44. The number of aliphatic hydroxyl groups excluding tert-OH is 1. The predicted molar refractivity (Wildman–Crippen MR) is 155 cm³/mol. The van der Waals surface area contributed by atoms with Crippen LogP contribution < -0.4 is 4.74 Å². The lowest BCUT2D eigenvalue weighted by Crippen LogP contribution is -2.33. The first-order chi connectivity index (χ1) is 22.3. The highest BCUT2D eigenvalue weighted by atomic mass is 32.2. The molecule has 0 amide bonds. The fourth-order valence-corrected chi connectivity index (χ4v) is 5.89. The minimum Gasteiger partial charge on any atom is -0.440 e. The summed E-state index contributed by atoms with van der Waals surface area (Å²) in [5.74, 6) is -1.96. The summed E-state index contributed by atoms with van der Waals surface area (Å²) in [7, 11) is -4.05. The molecule has 0 saturated heterocycles. The first-order valence-corrected chi connectivity index (χ1v) is 15.5. The number of alkyl halides is 7. The van der Waals surface area contributed by atoms with Gasteiger partial charge in [-0.05, 0) is 54.4 Å². The van der Waals surface area contributed by atoms with E-state index in [2.05, 4.69) is 14.7 Å². The summed E-state index contributed by atoms with van der Waals surface area (Å²) in [6, 6.07) is 10.7. The lowest BCUT2D eigenvalue weighted by atomic mass is 9.97. The molecule has 0 bridgehead atoms. The van der Waals surface area contributed by atoms with Crippen molar-refractivity contribution in [1.29, 1.82) is 0 Å². The van der Waals surface area contributed by atoms with Crippen LogP contribution in [0.4, 0.5) is 35.1 Å². The van der Waals surface area contributed by atoms with E-state index in [0.29, 0.717) is 0 Å². The van der Waals surface area contributed by atoms with E-state index in [1.165, 1.54) is 44.2 Å². The lowest BCUT2D eigenvalue weighted by Gasteiger charge is -2.17. The van der Waals surface area contributed by atoms with Crippen LogP contribution >= 0.6 is 0 Å². The average molecular weight is 702 g/mol. The highest BCUT2D eigenvalue weighted by molar-refractivity contribution is 7.90. The van der Waals surface area contributed by atoms with Crippen molar-refractivity contribution in [3.8, 4) is 45.1 Å². The van der Waals surface area contributed by atoms with Gasteiger partial charge in [-0.1, -0.05) is 18.2 Å². The standard InChI is InChI=1S/C31H23F8N3O5S/c1-15-40-26(30(35,36)37)13-42(15)24-8-7-17(19-11-23(32)22(14-43)25(12-19)48(3,44)45)10-21(24)27-28(46-16(2)41-27)18-5-4-6-20(9-18)47-31(38,39)29(33)34/h4-13,29,43H,14H2,1-3H3. The second-order valence-corrected chi connectivity index (χ2v) is 12.5. The van der Waals surface area contributed by atoms with E-state index in [0.717, 1.165) is 41.3 Å². The number of aliphatic hydroxyl groups is 1. The normalized spacial score (nSPS) is 12.6. The van der Waals surface area contributed by atoms with Gasteiger partial charge in [-0.3, -0.25) is 0 Å². The van der Waals surface area contributed by atoms with Crippen LogP contribution in [0.1, 0.15) is 23.0 Å². The number of nitrogens with zero attached hydrogens (tertiary/aromatic N) is 3. The van der Waals surface area contributed by atoms with Crippen molar-refractivity contribution in [1.82, 2.24) is 14.5 Å². The molecule has 0 atom stereocenters. The Labute approximate surface area is 267 Å². The van der Waals surface area contributed by atoms with Crippen LogP contribution in [0.2, 0.25) is 0 Å². The predicted octanol–water partition coefficient (Wildman–Crippen LogP) is 7.77. The molecular formula is C31H23F8N3O5S. The van der Waals surface area contributed by atoms with Gasteiger partial charge in [0.25, 0.3) is 0 Å². The minimum atomic E-state index is -4.83. The Morgan fingerprint density at radius 2 is 1.67 bits per heavy atom. The molecule has 2 heterocycles. The number of ether oxygens (including phenoxy) is 1. The van der Waals surface area contributed by atoms with Crippen molar-refractivity contribution >= 4 is 9.84 Å². The summed E-state index contributed by atoms with van der Waals surface area (Å²) < 4.78 is 145. The first kappa shape index (κ1) is 34.6. The Kier molecular flexibility index (Phi) is 8.90. The molecule has 0 aliphatic rings. The first-order valence-electron chi connectivity index (χ1n) is 13.6. The number of oxazole rings is 1. The Hall–Kier alpha value is -4.77. The quantitative estimate of drug-likeness (QED) is 0.157. The summed E-state index contributed by atoms with van der Waals surface area (Å²) in [6.45, 7) is 1.79. The molecule has 0 unspecified atom stereocenters. The van der Waals surface area contributed by atoms with E-state index in [1.807, 2.05) is 0 Å². The maximum absolute atomic E-state index is 15.1. The maximum atomic E-state index is 15.1. The van der Waals surface area contributed by atoms with Crippen molar-refractivity contribution < 1.29 is 57.8 Å². The van der Waals surface area contributed by atoms with Crippen molar-refractivity contribution in [2.75, 3.05) is 6.26 Å². The molecule has 1 N–H and O–H groups in total. The van der Waals surface area contributed by atoms with Crippen LogP contribution in [-0.2, 0) is 22.6 Å². The molecule has 5 rings (SSSR count). The fraction of sp³-hybridized carbons (Fsp3) is 0.226. The zero-order valence-corrected chi connectivity index (χ0v) is 25.7. The van der Waals surface area contributed by atoms with Gasteiger partial charge in [-0.2, -0.15) is 30.7 Å². The summed E-state index contributed by atoms with van der Waals surface area (Å²) in [5, 5.41) is 9.62. The number of benzene rings is 3. The molecule has 0 spiro atoms. The summed E-state index contributed by atoms with van der Waals surface area (Å²) in [5.41, 5.74) is -1.54. The number of aryl methyl sites for hydroxylation is 2. The fourth-order valence-electron chi connectivity index (χ4n) is 4.94. The van der Waals surface area contributed by atoms with E-state index in [1.54, 1.807) is 0 Å². The Morgan fingerprint density at radius 1 is 0.958 bits per heavy atom. The molecule has 2 aromatic heterocycles. The third-order valence-corrected chi connectivity index (χ3v) is 8.23. The van der Waals surface area contributed by atoms with Crippen LogP contribution in [-0.4, -0.2) is 46.8 Å². The van der Waals surface area contributed by atoms with E-state index >= 15 is 4.39 Å². The Balaban J connectivity index is 1.77. The molecule has 17 heteroatoms. The molecule has 0 fully saturated rings. The number of rotatable bonds is 9. The van der Waals surface area contributed by atoms with Crippen LogP contribution in [0.15, 0.2) is 70.1 Å². The minimum absolute atomic E-state index is 0.000517. The van der Waals surface area contributed by atoms with Gasteiger partial charge in [0.05, 0.1) is 17.2 Å². The van der Waals surface area contributed by atoms with Crippen molar-refractivity contribution in [3.63, 3.8) is 0 Å². The largest absolute Gasteiger partial charge is 0.461 e. The van der Waals surface area contributed by atoms with Gasteiger partial charge >= 0.3 is 18.7 Å². The maximum Gasteiger partial charge on any atom is 0.461 e. The highest BCUT2D eigenvalue weighted by Crippen LogP contribution is 2.41. The number of sulfone groups is 1. The molecule has 0 aliphatic heterocycles. The third kappa shape index (κ3) is 6.78. The van der Waals surface area contributed by atoms with Crippen LogP contribution in [0.25, 0.3) is 39.4 Å². The smallest absolute Gasteiger partial charge is 0.440 e. The Bertz CT molecular complexity index is 2120. The lowest BCUT2D eigenvalue weighted by molar-refractivity contribution is -0.253. The van der Waals surface area contributed by atoms with E-state index in [-0.39, 0.29) is 51.1 Å². The van der Waals surface area contributed by atoms with Crippen LogP contribution in [0.5, 0.6) is 5.75 Å². The number of imidazole rings is 1. The van der Waals surface area contributed by atoms with Crippen LogP contribution in [0.3, 0.4) is 0 Å². The van der Waals surface area contributed by atoms with Gasteiger partial charge in [-0.15, -0.1) is 0 Å². The van der Waals surface area contributed by atoms with E-state index < -0.39 is 62.9 Å². The van der Waals surface area contributed by atoms with Crippen LogP contribution in [0, 0.1) is 19.7 Å². The van der Waals surface area contributed by atoms with Gasteiger partial charge in [0.2, 0.25) is 0 Å². The summed E-state index contributed by atoms with van der Waals surface area (Å²) in [6.07, 6.45) is -12.3. The van der Waals surface area contributed by atoms with Gasteiger partial charge < -0.3 is 18.8 Å². The second kappa shape index (κ2) is 12.4. The molecule has 5 aromatic rings. The van der Waals surface area contributed by atoms with Gasteiger partial charge in [0.1, 0.15) is 23.1 Å². The molecule has 48 heavy (non-hydrogen) atoms. The third-order valence-electron chi connectivity index (χ3n) is 7.07. The van der Waals surface area contributed by atoms with Crippen molar-refractivity contribution in [2.45, 2.75) is 44.1 Å². The molecule has 0 saturated carbocycles.